The fourth-order valence-electron chi connectivity index (χ4n) is 1.93. The van der Waals surface area contributed by atoms with Crippen LogP contribution in [0.4, 0.5) is 5.69 Å². The SMILES string of the molecule is CC(=O)C(c1ncc(C)cc1[N+](=O)[O-])C(C)C. The summed E-state index contributed by atoms with van der Waals surface area (Å²) in [6, 6.07) is 1.46. The topological polar surface area (TPSA) is 73.1 Å². The molecule has 1 heterocycles. The molecule has 0 bridgehead atoms. The monoisotopic (exact) mass is 236 g/mol. The van der Waals surface area contributed by atoms with E-state index in [9.17, 15) is 14.9 Å². The number of hydrogen-bond donors (Lipinski definition) is 0. The van der Waals surface area contributed by atoms with Crippen molar-refractivity contribution in [3.63, 3.8) is 0 Å². The first-order valence-electron chi connectivity index (χ1n) is 5.46. The molecule has 1 atom stereocenters. The number of hydrogen-bond acceptors (Lipinski definition) is 4. The van der Waals surface area contributed by atoms with Gasteiger partial charge in [-0.2, -0.15) is 0 Å². The number of ketones is 1. The second-order valence-electron chi connectivity index (χ2n) is 4.51. The van der Waals surface area contributed by atoms with Crippen molar-refractivity contribution in [3.05, 3.63) is 33.6 Å². The van der Waals surface area contributed by atoms with Crippen molar-refractivity contribution in [1.29, 1.82) is 0 Å². The third-order valence-electron chi connectivity index (χ3n) is 2.63. The number of carbonyl (C=O) groups is 1. The van der Waals surface area contributed by atoms with Crippen LogP contribution in [-0.2, 0) is 4.79 Å². The van der Waals surface area contributed by atoms with E-state index in [2.05, 4.69) is 4.98 Å². The van der Waals surface area contributed by atoms with E-state index in [1.807, 2.05) is 13.8 Å². The fraction of sp³-hybridized carbons (Fsp3) is 0.500. The Balaban J connectivity index is 3.37. The summed E-state index contributed by atoms with van der Waals surface area (Å²) in [5.74, 6) is -0.628. The molecule has 0 spiro atoms. The molecule has 0 aliphatic rings. The first-order valence-corrected chi connectivity index (χ1v) is 5.46. The third-order valence-corrected chi connectivity index (χ3v) is 2.63. The Hall–Kier alpha value is -1.78. The Morgan fingerprint density at radius 3 is 2.47 bits per heavy atom. The van der Waals surface area contributed by atoms with Gasteiger partial charge >= 0.3 is 0 Å². The second-order valence-corrected chi connectivity index (χ2v) is 4.51. The number of nitrogens with zero attached hydrogens (tertiary/aromatic N) is 2. The summed E-state index contributed by atoms with van der Waals surface area (Å²) < 4.78 is 0. The molecule has 17 heavy (non-hydrogen) atoms. The van der Waals surface area contributed by atoms with Crippen LogP contribution in [-0.4, -0.2) is 15.7 Å². The number of nitro groups is 1. The molecule has 1 aromatic heterocycles. The Bertz CT molecular complexity index is 455. The molecule has 1 unspecified atom stereocenters. The Morgan fingerprint density at radius 2 is 2.06 bits per heavy atom. The van der Waals surface area contributed by atoms with E-state index in [0.717, 1.165) is 0 Å². The van der Waals surface area contributed by atoms with Crippen molar-refractivity contribution in [2.45, 2.75) is 33.6 Å². The molecule has 0 amide bonds. The van der Waals surface area contributed by atoms with Crippen molar-refractivity contribution in [2.75, 3.05) is 0 Å². The maximum absolute atomic E-state index is 11.6. The normalized spacial score (nSPS) is 12.5. The lowest BCUT2D eigenvalue weighted by molar-refractivity contribution is -0.386. The van der Waals surface area contributed by atoms with Gasteiger partial charge in [-0.05, 0) is 25.3 Å². The van der Waals surface area contributed by atoms with Gasteiger partial charge in [0.1, 0.15) is 11.5 Å². The van der Waals surface area contributed by atoms with Gasteiger partial charge in [-0.15, -0.1) is 0 Å². The Morgan fingerprint density at radius 1 is 1.47 bits per heavy atom. The summed E-state index contributed by atoms with van der Waals surface area (Å²) >= 11 is 0. The first-order chi connectivity index (χ1) is 7.84. The zero-order valence-corrected chi connectivity index (χ0v) is 10.4. The molecular formula is C12H16N2O3. The Labute approximate surface area is 100 Å². The second kappa shape index (κ2) is 5.03. The van der Waals surface area contributed by atoms with E-state index in [1.54, 1.807) is 13.1 Å². The average molecular weight is 236 g/mol. The summed E-state index contributed by atoms with van der Waals surface area (Å²) in [4.78, 5) is 26.2. The summed E-state index contributed by atoms with van der Waals surface area (Å²) in [6.07, 6.45) is 1.56. The Kier molecular flexibility index (Phi) is 3.93. The van der Waals surface area contributed by atoms with Crippen LogP contribution < -0.4 is 0 Å². The van der Waals surface area contributed by atoms with Gasteiger partial charge in [0.2, 0.25) is 0 Å². The van der Waals surface area contributed by atoms with Gasteiger partial charge in [0.25, 0.3) is 5.69 Å². The summed E-state index contributed by atoms with van der Waals surface area (Å²) in [7, 11) is 0. The maximum atomic E-state index is 11.6. The molecule has 0 N–H and O–H groups in total. The highest BCUT2D eigenvalue weighted by atomic mass is 16.6. The molecule has 0 saturated carbocycles. The lowest BCUT2D eigenvalue weighted by Gasteiger charge is -2.17. The number of aromatic nitrogens is 1. The lowest BCUT2D eigenvalue weighted by Crippen LogP contribution is -2.18. The van der Waals surface area contributed by atoms with Crippen LogP contribution in [0.25, 0.3) is 0 Å². The summed E-state index contributed by atoms with van der Waals surface area (Å²) in [5.41, 5.74) is 0.911. The molecular weight excluding hydrogens is 220 g/mol. The average Bonchev–Trinajstić information content (AvgIpc) is 2.19. The minimum atomic E-state index is -0.518. The zero-order valence-electron chi connectivity index (χ0n) is 10.4. The van der Waals surface area contributed by atoms with Crippen LogP contribution in [0.2, 0.25) is 0 Å². The van der Waals surface area contributed by atoms with Crippen molar-refractivity contribution < 1.29 is 9.72 Å². The lowest BCUT2D eigenvalue weighted by atomic mass is 9.88. The molecule has 0 aromatic carbocycles. The summed E-state index contributed by atoms with van der Waals surface area (Å²) in [5, 5.41) is 11.0. The standard InChI is InChI=1S/C12H16N2O3/c1-7(2)11(9(4)15)12-10(14(16)17)5-8(3)6-13-12/h5-7,11H,1-4H3. The number of rotatable bonds is 4. The van der Waals surface area contributed by atoms with E-state index < -0.39 is 10.8 Å². The molecule has 92 valence electrons. The predicted octanol–water partition coefficient (Wildman–Crippen LogP) is 2.63. The highest BCUT2D eigenvalue weighted by Gasteiger charge is 2.29. The molecule has 0 aliphatic heterocycles. The van der Waals surface area contributed by atoms with Gasteiger partial charge in [0.15, 0.2) is 0 Å². The van der Waals surface area contributed by atoms with Gasteiger partial charge in [0, 0.05) is 12.3 Å². The van der Waals surface area contributed by atoms with Crippen LogP contribution in [0, 0.1) is 23.0 Å². The highest BCUT2D eigenvalue weighted by Crippen LogP contribution is 2.31. The van der Waals surface area contributed by atoms with Gasteiger partial charge in [0.05, 0.1) is 10.8 Å². The van der Waals surface area contributed by atoms with E-state index in [1.165, 1.54) is 13.0 Å². The van der Waals surface area contributed by atoms with Gasteiger partial charge in [-0.1, -0.05) is 13.8 Å². The zero-order chi connectivity index (χ0) is 13.2. The number of Topliss-reactive ketones (excluding diaryl/α,β-unsaturated/α-hetero) is 1. The molecule has 1 aromatic rings. The van der Waals surface area contributed by atoms with Gasteiger partial charge in [-0.25, -0.2) is 0 Å². The van der Waals surface area contributed by atoms with Gasteiger partial charge < -0.3 is 0 Å². The molecule has 5 nitrogen and oxygen atoms in total. The minimum absolute atomic E-state index is 0.0126. The highest BCUT2D eigenvalue weighted by molar-refractivity contribution is 5.84. The minimum Gasteiger partial charge on any atom is -0.299 e. The van der Waals surface area contributed by atoms with Crippen LogP contribution in [0.3, 0.4) is 0 Å². The van der Waals surface area contributed by atoms with E-state index in [0.29, 0.717) is 5.56 Å². The number of carbonyl (C=O) groups excluding carboxylic acids is 1. The summed E-state index contributed by atoms with van der Waals surface area (Å²) in [6.45, 7) is 6.90. The quantitative estimate of drug-likeness (QED) is 0.595. The van der Waals surface area contributed by atoms with Crippen molar-refractivity contribution in [3.8, 4) is 0 Å². The largest absolute Gasteiger partial charge is 0.299 e. The number of aryl methyl sites for hydroxylation is 1. The van der Waals surface area contributed by atoms with E-state index >= 15 is 0 Å². The predicted molar refractivity (Wildman–Crippen MR) is 63.9 cm³/mol. The molecule has 0 saturated heterocycles. The van der Waals surface area contributed by atoms with Crippen molar-refractivity contribution in [1.82, 2.24) is 4.98 Å². The van der Waals surface area contributed by atoms with E-state index in [4.69, 9.17) is 0 Å². The van der Waals surface area contributed by atoms with Gasteiger partial charge in [-0.3, -0.25) is 19.9 Å². The molecule has 0 aliphatic carbocycles. The molecule has 5 heteroatoms. The van der Waals surface area contributed by atoms with Crippen LogP contribution in [0.15, 0.2) is 12.3 Å². The molecule has 0 fully saturated rings. The molecule has 0 radical (unpaired) electrons. The molecule has 1 rings (SSSR count). The van der Waals surface area contributed by atoms with Crippen molar-refractivity contribution in [2.24, 2.45) is 5.92 Å². The smallest absolute Gasteiger partial charge is 0.291 e. The van der Waals surface area contributed by atoms with Crippen LogP contribution in [0.1, 0.15) is 37.9 Å². The fourth-order valence-corrected chi connectivity index (χ4v) is 1.93. The van der Waals surface area contributed by atoms with Crippen LogP contribution in [0.5, 0.6) is 0 Å². The van der Waals surface area contributed by atoms with Crippen LogP contribution >= 0.6 is 0 Å². The van der Waals surface area contributed by atoms with Crippen molar-refractivity contribution >= 4 is 11.5 Å². The maximum Gasteiger partial charge on any atom is 0.291 e. The first kappa shape index (κ1) is 13.3. The third kappa shape index (κ3) is 2.87. The van der Waals surface area contributed by atoms with E-state index in [-0.39, 0.29) is 23.1 Å². The number of pyridine rings is 1.